The summed E-state index contributed by atoms with van der Waals surface area (Å²) in [6, 6.07) is 23.9. The Bertz CT molecular complexity index is 1160. The monoisotopic (exact) mass is 421 g/mol. The first kappa shape index (κ1) is 20.9. The quantitative estimate of drug-likeness (QED) is 0.376. The Morgan fingerprint density at radius 2 is 1.42 bits per heavy atom. The Kier molecular flexibility index (Phi) is 6.18. The molecule has 31 heavy (non-hydrogen) atoms. The molecule has 3 aromatic carbocycles. The second kappa shape index (κ2) is 9.18. The molecular weight excluding hydrogens is 399 g/mol. The van der Waals surface area contributed by atoms with E-state index in [0.29, 0.717) is 17.4 Å². The highest BCUT2D eigenvalue weighted by Gasteiger charge is 2.30. The number of aromatic nitrogens is 1. The van der Waals surface area contributed by atoms with Crippen molar-refractivity contribution >= 4 is 16.6 Å². The van der Waals surface area contributed by atoms with Gasteiger partial charge < -0.3 is 10.6 Å². The van der Waals surface area contributed by atoms with Crippen molar-refractivity contribution in [1.29, 1.82) is 0 Å². The highest BCUT2D eigenvalue weighted by atomic mass is 19.4. The van der Waals surface area contributed by atoms with E-state index in [1.165, 1.54) is 23.4 Å². The average Bonchev–Trinajstić information content (AvgIpc) is 2.78. The number of nitrogens with zero attached hydrogens (tertiary/aromatic N) is 1. The smallest absolute Gasteiger partial charge is 0.380 e. The van der Waals surface area contributed by atoms with Crippen LogP contribution in [0.25, 0.3) is 10.9 Å². The predicted octanol–water partition coefficient (Wildman–Crippen LogP) is 6.16. The van der Waals surface area contributed by atoms with Crippen LogP contribution in [0, 0.1) is 0 Å². The predicted molar refractivity (Wildman–Crippen MR) is 117 cm³/mol. The Hall–Kier alpha value is -3.38. The van der Waals surface area contributed by atoms with Gasteiger partial charge >= 0.3 is 6.18 Å². The minimum absolute atomic E-state index is 0.318. The van der Waals surface area contributed by atoms with Gasteiger partial charge in [-0.3, -0.25) is 4.98 Å². The van der Waals surface area contributed by atoms with Crippen molar-refractivity contribution < 1.29 is 13.2 Å². The van der Waals surface area contributed by atoms with Gasteiger partial charge in [0.05, 0.1) is 11.1 Å². The molecule has 2 N–H and O–H groups in total. The summed E-state index contributed by atoms with van der Waals surface area (Å²) in [6.45, 7) is 2.11. The molecular formula is C25H22F3N3. The molecule has 0 atom stereocenters. The number of hydrogen-bond donors (Lipinski definition) is 2. The first-order valence-corrected chi connectivity index (χ1v) is 10.0. The third kappa shape index (κ3) is 5.41. The van der Waals surface area contributed by atoms with Crippen LogP contribution in [-0.2, 0) is 25.8 Å². The van der Waals surface area contributed by atoms with Gasteiger partial charge in [-0.2, -0.15) is 13.2 Å². The van der Waals surface area contributed by atoms with Crippen LogP contribution in [0.4, 0.5) is 18.9 Å². The Morgan fingerprint density at radius 1 is 0.710 bits per heavy atom. The molecule has 0 fully saturated rings. The number of benzene rings is 3. The summed E-state index contributed by atoms with van der Waals surface area (Å²) in [5.74, 6) is 0. The molecule has 0 saturated heterocycles. The molecule has 6 heteroatoms. The zero-order chi connectivity index (χ0) is 21.7. The van der Waals surface area contributed by atoms with E-state index in [4.69, 9.17) is 0 Å². The van der Waals surface area contributed by atoms with E-state index in [9.17, 15) is 13.2 Å². The molecule has 1 heterocycles. The van der Waals surface area contributed by atoms with Crippen molar-refractivity contribution in [1.82, 2.24) is 10.3 Å². The summed E-state index contributed by atoms with van der Waals surface area (Å²) in [5, 5.41) is 7.43. The van der Waals surface area contributed by atoms with Crippen LogP contribution in [0.15, 0.2) is 85.1 Å². The first-order valence-electron chi connectivity index (χ1n) is 10.0. The van der Waals surface area contributed by atoms with Crippen LogP contribution in [0.3, 0.4) is 0 Å². The van der Waals surface area contributed by atoms with E-state index in [1.54, 1.807) is 6.07 Å². The van der Waals surface area contributed by atoms with Gasteiger partial charge in [-0.05, 0) is 34.9 Å². The van der Waals surface area contributed by atoms with Crippen molar-refractivity contribution in [3.05, 3.63) is 107 Å². The molecule has 0 spiro atoms. The number of fused-ring (bicyclic) bond motifs is 1. The highest BCUT2D eigenvalue weighted by Crippen LogP contribution is 2.32. The molecule has 0 saturated carbocycles. The van der Waals surface area contributed by atoms with Gasteiger partial charge in [-0.1, -0.05) is 60.7 Å². The van der Waals surface area contributed by atoms with Crippen molar-refractivity contribution in [3.8, 4) is 0 Å². The van der Waals surface area contributed by atoms with Crippen LogP contribution in [0.5, 0.6) is 0 Å². The second-order valence-corrected chi connectivity index (χ2v) is 7.35. The Labute approximate surface area is 179 Å². The van der Waals surface area contributed by atoms with Gasteiger partial charge in [0.1, 0.15) is 0 Å². The van der Waals surface area contributed by atoms with Gasteiger partial charge in [0.15, 0.2) is 0 Å². The normalized spacial score (nSPS) is 11.6. The summed E-state index contributed by atoms with van der Waals surface area (Å²) in [6.07, 6.45) is -2.86. The van der Waals surface area contributed by atoms with E-state index in [-0.39, 0.29) is 0 Å². The molecule has 4 rings (SSSR count). The van der Waals surface area contributed by atoms with E-state index >= 15 is 0 Å². The lowest BCUT2D eigenvalue weighted by atomic mass is 10.1. The zero-order valence-corrected chi connectivity index (χ0v) is 16.8. The lowest BCUT2D eigenvalue weighted by Gasteiger charge is -2.12. The van der Waals surface area contributed by atoms with Crippen molar-refractivity contribution in [2.75, 3.05) is 5.32 Å². The van der Waals surface area contributed by atoms with Gasteiger partial charge in [-0.25, -0.2) is 0 Å². The fourth-order valence-corrected chi connectivity index (χ4v) is 3.47. The Balaban J connectivity index is 1.41. The molecule has 0 bridgehead atoms. The van der Waals surface area contributed by atoms with Gasteiger partial charge in [-0.15, -0.1) is 0 Å². The molecule has 4 aromatic rings. The van der Waals surface area contributed by atoms with Gasteiger partial charge in [0.25, 0.3) is 0 Å². The number of alkyl halides is 3. The maximum absolute atomic E-state index is 13.0. The summed E-state index contributed by atoms with van der Waals surface area (Å²) in [4.78, 5) is 4.10. The molecule has 1 aromatic heterocycles. The third-order valence-electron chi connectivity index (χ3n) is 5.05. The fourth-order valence-electron chi connectivity index (χ4n) is 3.47. The third-order valence-corrected chi connectivity index (χ3v) is 5.05. The average molecular weight is 421 g/mol. The standard InChI is InChI=1S/C25H22F3N3/c26-25(27,28)21-9-10-22-23(11-12-30-24(22)14-21)31-17-20-8-4-7-19(13-20)16-29-15-18-5-2-1-3-6-18/h1-14,29H,15-17H2,(H,30,31). The van der Waals surface area contributed by atoms with Crippen LogP contribution in [0.1, 0.15) is 22.3 Å². The van der Waals surface area contributed by atoms with Crippen LogP contribution in [-0.4, -0.2) is 4.98 Å². The van der Waals surface area contributed by atoms with E-state index in [1.807, 2.05) is 30.3 Å². The molecule has 0 aliphatic heterocycles. The summed E-state index contributed by atoms with van der Waals surface area (Å²) >= 11 is 0. The minimum atomic E-state index is -4.38. The molecule has 158 valence electrons. The maximum Gasteiger partial charge on any atom is 0.416 e. The van der Waals surface area contributed by atoms with Crippen LogP contribution >= 0.6 is 0 Å². The first-order chi connectivity index (χ1) is 15.0. The number of halogens is 3. The molecule has 0 unspecified atom stereocenters. The molecule has 0 aliphatic rings. The van der Waals surface area contributed by atoms with Crippen LogP contribution < -0.4 is 10.6 Å². The van der Waals surface area contributed by atoms with Crippen molar-refractivity contribution in [2.45, 2.75) is 25.8 Å². The molecule has 0 radical (unpaired) electrons. The molecule has 0 amide bonds. The van der Waals surface area contributed by atoms with E-state index in [0.717, 1.165) is 36.5 Å². The molecule has 3 nitrogen and oxygen atoms in total. The van der Waals surface area contributed by atoms with Crippen LogP contribution in [0.2, 0.25) is 0 Å². The largest absolute Gasteiger partial charge is 0.416 e. The SMILES string of the molecule is FC(F)(F)c1ccc2c(NCc3cccc(CNCc4ccccc4)c3)ccnc2c1. The fraction of sp³-hybridized carbons (Fsp3) is 0.160. The van der Waals surface area contributed by atoms with Gasteiger partial charge in [0, 0.05) is 36.9 Å². The van der Waals surface area contributed by atoms with E-state index < -0.39 is 11.7 Å². The second-order valence-electron chi connectivity index (χ2n) is 7.35. The lowest BCUT2D eigenvalue weighted by molar-refractivity contribution is -0.137. The zero-order valence-electron chi connectivity index (χ0n) is 16.8. The molecule has 0 aliphatic carbocycles. The number of rotatable bonds is 7. The number of anilines is 1. The summed E-state index contributed by atoms with van der Waals surface area (Å²) in [5.41, 5.74) is 3.88. The maximum atomic E-state index is 13.0. The van der Waals surface area contributed by atoms with E-state index in [2.05, 4.69) is 39.9 Å². The lowest BCUT2D eigenvalue weighted by Crippen LogP contribution is -2.12. The Morgan fingerprint density at radius 3 is 2.19 bits per heavy atom. The number of nitrogens with one attached hydrogen (secondary N) is 2. The highest BCUT2D eigenvalue weighted by molar-refractivity contribution is 5.91. The minimum Gasteiger partial charge on any atom is -0.380 e. The summed E-state index contributed by atoms with van der Waals surface area (Å²) in [7, 11) is 0. The summed E-state index contributed by atoms with van der Waals surface area (Å²) < 4.78 is 38.9. The van der Waals surface area contributed by atoms with Crippen molar-refractivity contribution in [3.63, 3.8) is 0 Å². The topological polar surface area (TPSA) is 37.0 Å². The van der Waals surface area contributed by atoms with Crippen molar-refractivity contribution in [2.24, 2.45) is 0 Å². The number of pyridine rings is 1. The van der Waals surface area contributed by atoms with Gasteiger partial charge in [0.2, 0.25) is 0 Å². The number of hydrogen-bond acceptors (Lipinski definition) is 3.